The van der Waals surface area contributed by atoms with Crippen molar-refractivity contribution in [1.29, 1.82) is 0 Å². The zero-order chi connectivity index (χ0) is 13.2. The molecule has 0 aliphatic carbocycles. The van der Waals surface area contributed by atoms with Crippen molar-refractivity contribution in [2.24, 2.45) is 0 Å². The van der Waals surface area contributed by atoms with E-state index in [9.17, 15) is 4.79 Å². The van der Waals surface area contributed by atoms with E-state index in [2.05, 4.69) is 5.32 Å². The number of aliphatic hydroxyl groups excluding tert-OH is 1. The first-order chi connectivity index (χ1) is 8.77. The maximum Gasteiger partial charge on any atom is 0.234 e. The molecule has 1 rings (SSSR count). The van der Waals surface area contributed by atoms with Crippen molar-refractivity contribution in [2.75, 3.05) is 30.0 Å². The van der Waals surface area contributed by atoms with Gasteiger partial charge >= 0.3 is 0 Å². The van der Waals surface area contributed by atoms with Gasteiger partial charge in [-0.15, -0.1) is 0 Å². The summed E-state index contributed by atoms with van der Waals surface area (Å²) in [5.41, 5.74) is 0.701. The predicted octanol–water partition coefficient (Wildman–Crippen LogP) is 2.14. The Bertz CT molecular complexity index is 371. The Kier molecular flexibility index (Phi) is 7.29. The van der Waals surface area contributed by atoms with Crippen molar-refractivity contribution in [2.45, 2.75) is 13.3 Å². The lowest BCUT2D eigenvalue weighted by Crippen LogP contribution is -2.15. The molecule has 1 amide bonds. The number of thioether (sulfide) groups is 1. The van der Waals surface area contributed by atoms with Gasteiger partial charge in [0.15, 0.2) is 0 Å². The number of anilines is 1. The van der Waals surface area contributed by atoms with Crippen LogP contribution in [-0.4, -0.2) is 35.7 Å². The van der Waals surface area contributed by atoms with Gasteiger partial charge in [0.25, 0.3) is 0 Å². The molecule has 0 aliphatic heterocycles. The van der Waals surface area contributed by atoms with E-state index in [1.165, 1.54) is 11.8 Å². The highest BCUT2D eigenvalue weighted by atomic mass is 32.2. The van der Waals surface area contributed by atoms with Crippen LogP contribution in [0.3, 0.4) is 0 Å². The molecule has 0 saturated carbocycles. The minimum Gasteiger partial charge on any atom is -0.492 e. The molecule has 0 saturated heterocycles. The van der Waals surface area contributed by atoms with E-state index in [0.29, 0.717) is 30.2 Å². The molecular weight excluding hydrogens is 250 g/mol. The quantitative estimate of drug-likeness (QED) is 0.710. The van der Waals surface area contributed by atoms with Crippen LogP contribution in [0.5, 0.6) is 5.75 Å². The summed E-state index contributed by atoms with van der Waals surface area (Å²) in [5.74, 6) is 1.82. The Labute approximate surface area is 112 Å². The molecular formula is C13H19NO3S. The van der Waals surface area contributed by atoms with Crippen LogP contribution >= 0.6 is 11.8 Å². The molecule has 0 unspecified atom stereocenters. The van der Waals surface area contributed by atoms with E-state index < -0.39 is 0 Å². The predicted molar refractivity (Wildman–Crippen MR) is 75.3 cm³/mol. The number of benzene rings is 1. The molecule has 0 heterocycles. The van der Waals surface area contributed by atoms with Gasteiger partial charge in [0, 0.05) is 6.61 Å². The molecule has 18 heavy (non-hydrogen) atoms. The van der Waals surface area contributed by atoms with E-state index in [1.54, 1.807) is 0 Å². The standard InChI is InChI=1S/C13H19NO3S/c1-2-17-12-7-4-3-6-11(12)14-13(16)10-18-9-5-8-15/h3-4,6-7,15H,2,5,8-10H2,1H3,(H,14,16). The molecule has 5 heteroatoms. The summed E-state index contributed by atoms with van der Waals surface area (Å²) in [7, 11) is 0. The van der Waals surface area contributed by atoms with Crippen LogP contribution in [0.1, 0.15) is 13.3 Å². The van der Waals surface area contributed by atoms with E-state index in [-0.39, 0.29) is 12.5 Å². The zero-order valence-electron chi connectivity index (χ0n) is 10.5. The first kappa shape index (κ1) is 14.9. The molecule has 0 aromatic heterocycles. The van der Waals surface area contributed by atoms with Gasteiger partial charge in [0.2, 0.25) is 5.91 Å². The van der Waals surface area contributed by atoms with Gasteiger partial charge in [0.1, 0.15) is 5.75 Å². The fourth-order valence-electron chi connectivity index (χ4n) is 1.37. The number of para-hydroxylation sites is 2. The van der Waals surface area contributed by atoms with E-state index in [1.807, 2.05) is 31.2 Å². The van der Waals surface area contributed by atoms with Crippen molar-refractivity contribution in [3.8, 4) is 5.75 Å². The number of rotatable bonds is 8. The first-order valence-corrected chi connectivity index (χ1v) is 7.13. The van der Waals surface area contributed by atoms with Crippen LogP contribution in [0.2, 0.25) is 0 Å². The van der Waals surface area contributed by atoms with Crippen LogP contribution in [0.4, 0.5) is 5.69 Å². The normalized spacial score (nSPS) is 10.1. The average Bonchev–Trinajstić information content (AvgIpc) is 2.37. The Morgan fingerprint density at radius 2 is 2.22 bits per heavy atom. The minimum atomic E-state index is -0.0508. The molecule has 100 valence electrons. The average molecular weight is 269 g/mol. The third-order valence-electron chi connectivity index (χ3n) is 2.14. The van der Waals surface area contributed by atoms with Gasteiger partial charge in [-0.3, -0.25) is 4.79 Å². The molecule has 4 nitrogen and oxygen atoms in total. The number of hydrogen-bond donors (Lipinski definition) is 2. The molecule has 2 N–H and O–H groups in total. The summed E-state index contributed by atoms with van der Waals surface area (Å²) in [6.45, 7) is 2.64. The summed E-state index contributed by atoms with van der Waals surface area (Å²) < 4.78 is 5.43. The molecule has 0 aliphatic rings. The van der Waals surface area contributed by atoms with Crippen molar-refractivity contribution in [3.63, 3.8) is 0 Å². The number of aliphatic hydroxyl groups is 1. The van der Waals surface area contributed by atoms with Gasteiger partial charge in [-0.1, -0.05) is 12.1 Å². The molecule has 0 atom stereocenters. The van der Waals surface area contributed by atoms with Crippen LogP contribution in [0.15, 0.2) is 24.3 Å². The van der Waals surface area contributed by atoms with Crippen LogP contribution in [-0.2, 0) is 4.79 Å². The number of hydrogen-bond acceptors (Lipinski definition) is 4. The summed E-state index contributed by atoms with van der Waals surface area (Å²) in [4.78, 5) is 11.7. The summed E-state index contributed by atoms with van der Waals surface area (Å²) >= 11 is 1.51. The number of nitrogens with one attached hydrogen (secondary N) is 1. The smallest absolute Gasteiger partial charge is 0.234 e. The Morgan fingerprint density at radius 3 is 2.94 bits per heavy atom. The van der Waals surface area contributed by atoms with Gasteiger partial charge < -0.3 is 15.2 Å². The third-order valence-corrected chi connectivity index (χ3v) is 3.18. The molecule has 0 radical (unpaired) electrons. The topological polar surface area (TPSA) is 58.6 Å². The molecule has 0 spiro atoms. The highest BCUT2D eigenvalue weighted by Gasteiger charge is 2.06. The first-order valence-electron chi connectivity index (χ1n) is 5.98. The van der Waals surface area contributed by atoms with Crippen molar-refractivity contribution in [3.05, 3.63) is 24.3 Å². The largest absolute Gasteiger partial charge is 0.492 e. The van der Waals surface area contributed by atoms with Gasteiger partial charge in [-0.2, -0.15) is 11.8 Å². The highest BCUT2D eigenvalue weighted by Crippen LogP contribution is 2.23. The van der Waals surface area contributed by atoms with Gasteiger partial charge in [-0.05, 0) is 31.2 Å². The lowest BCUT2D eigenvalue weighted by Gasteiger charge is -2.10. The van der Waals surface area contributed by atoms with E-state index in [0.717, 1.165) is 5.75 Å². The molecule has 0 bridgehead atoms. The molecule has 1 aromatic carbocycles. The second-order valence-corrected chi connectivity index (χ2v) is 4.71. The SMILES string of the molecule is CCOc1ccccc1NC(=O)CSCCCO. The highest BCUT2D eigenvalue weighted by molar-refractivity contribution is 7.99. The van der Waals surface area contributed by atoms with Crippen LogP contribution < -0.4 is 10.1 Å². The Morgan fingerprint density at radius 1 is 1.44 bits per heavy atom. The van der Waals surface area contributed by atoms with Crippen molar-refractivity contribution >= 4 is 23.4 Å². The second-order valence-electron chi connectivity index (χ2n) is 3.61. The lowest BCUT2D eigenvalue weighted by molar-refractivity contribution is -0.113. The minimum absolute atomic E-state index is 0.0508. The Balaban J connectivity index is 2.43. The number of amides is 1. The number of ether oxygens (including phenoxy) is 1. The fourth-order valence-corrected chi connectivity index (χ4v) is 2.10. The zero-order valence-corrected chi connectivity index (χ0v) is 11.3. The van der Waals surface area contributed by atoms with E-state index >= 15 is 0 Å². The maximum atomic E-state index is 11.7. The summed E-state index contributed by atoms with van der Waals surface area (Å²) in [6, 6.07) is 7.38. The fraction of sp³-hybridized carbons (Fsp3) is 0.462. The van der Waals surface area contributed by atoms with Crippen molar-refractivity contribution in [1.82, 2.24) is 0 Å². The summed E-state index contributed by atoms with van der Waals surface area (Å²) in [6.07, 6.45) is 0.716. The monoisotopic (exact) mass is 269 g/mol. The van der Waals surface area contributed by atoms with Crippen molar-refractivity contribution < 1.29 is 14.6 Å². The van der Waals surface area contributed by atoms with Gasteiger partial charge in [0.05, 0.1) is 18.0 Å². The third kappa shape index (κ3) is 5.42. The van der Waals surface area contributed by atoms with E-state index in [4.69, 9.17) is 9.84 Å². The maximum absolute atomic E-state index is 11.7. The number of carbonyl (C=O) groups excluding carboxylic acids is 1. The van der Waals surface area contributed by atoms with Crippen LogP contribution in [0.25, 0.3) is 0 Å². The summed E-state index contributed by atoms with van der Waals surface area (Å²) in [5, 5.41) is 11.5. The molecule has 0 fully saturated rings. The van der Waals surface area contributed by atoms with Gasteiger partial charge in [-0.25, -0.2) is 0 Å². The second kappa shape index (κ2) is 8.83. The van der Waals surface area contributed by atoms with Crippen LogP contribution in [0, 0.1) is 0 Å². The molecule has 1 aromatic rings. The number of carbonyl (C=O) groups is 1. The lowest BCUT2D eigenvalue weighted by atomic mass is 10.3. The Hall–Kier alpha value is -1.20.